The molecular formula is C16H26N2O. The maximum Gasteiger partial charge on any atom is 0.221 e. The summed E-state index contributed by atoms with van der Waals surface area (Å²) in [5.41, 5.74) is 2.41. The van der Waals surface area contributed by atoms with E-state index in [4.69, 9.17) is 0 Å². The summed E-state index contributed by atoms with van der Waals surface area (Å²) in [5.74, 6) is 0.594. The van der Waals surface area contributed by atoms with Crippen LogP contribution in [0, 0.1) is 11.3 Å². The molecule has 0 saturated carbocycles. The van der Waals surface area contributed by atoms with E-state index < -0.39 is 0 Å². The van der Waals surface area contributed by atoms with Crippen LogP contribution in [-0.4, -0.2) is 12.5 Å². The number of rotatable bonds is 5. The van der Waals surface area contributed by atoms with Gasteiger partial charge < -0.3 is 10.6 Å². The van der Waals surface area contributed by atoms with Gasteiger partial charge in [0.05, 0.1) is 0 Å². The second-order valence-electron chi connectivity index (χ2n) is 6.28. The number of anilines is 1. The van der Waals surface area contributed by atoms with Crippen LogP contribution < -0.4 is 10.6 Å². The Kier molecular flexibility index (Phi) is 5.55. The first-order chi connectivity index (χ1) is 8.79. The van der Waals surface area contributed by atoms with Crippen LogP contribution >= 0.6 is 0 Å². The van der Waals surface area contributed by atoms with Gasteiger partial charge in [0, 0.05) is 19.2 Å². The lowest BCUT2D eigenvalue weighted by molar-refractivity contribution is -0.114. The van der Waals surface area contributed by atoms with Gasteiger partial charge in [0.25, 0.3) is 0 Å². The predicted octanol–water partition coefficient (Wildman–Crippen LogP) is 3.42. The third kappa shape index (κ3) is 5.88. The number of carbonyl (C=O) groups is 1. The van der Waals surface area contributed by atoms with E-state index in [0.717, 1.165) is 18.8 Å². The summed E-state index contributed by atoms with van der Waals surface area (Å²) in [4.78, 5) is 10.9. The van der Waals surface area contributed by atoms with Crippen molar-refractivity contribution in [2.75, 3.05) is 11.9 Å². The molecule has 1 aromatic carbocycles. The van der Waals surface area contributed by atoms with Crippen LogP contribution in [0.2, 0.25) is 0 Å². The molecule has 106 valence electrons. The van der Waals surface area contributed by atoms with Crippen molar-refractivity contribution in [2.45, 2.75) is 41.2 Å². The van der Waals surface area contributed by atoms with Gasteiger partial charge in [-0.05, 0) is 35.6 Å². The number of hydrogen-bond acceptors (Lipinski definition) is 2. The van der Waals surface area contributed by atoms with E-state index in [9.17, 15) is 4.79 Å². The summed E-state index contributed by atoms with van der Waals surface area (Å²) < 4.78 is 0. The minimum Gasteiger partial charge on any atom is -0.326 e. The Morgan fingerprint density at radius 2 is 1.79 bits per heavy atom. The Labute approximate surface area is 116 Å². The fourth-order valence-electron chi connectivity index (χ4n) is 1.65. The van der Waals surface area contributed by atoms with Crippen LogP contribution in [0.5, 0.6) is 0 Å². The van der Waals surface area contributed by atoms with Gasteiger partial charge in [0.1, 0.15) is 0 Å². The Hall–Kier alpha value is -1.35. The zero-order chi connectivity index (χ0) is 14.5. The standard InChI is InChI=1S/C16H26N2O/c1-12(16(3,4)5)10-17-11-14-6-8-15(9-7-14)18-13(2)19/h6-9,12,17H,10-11H2,1-5H3,(H,18,19). The Morgan fingerprint density at radius 3 is 2.26 bits per heavy atom. The lowest BCUT2D eigenvalue weighted by atomic mass is 9.82. The number of carbonyl (C=O) groups excluding carboxylic acids is 1. The van der Waals surface area contributed by atoms with Crippen molar-refractivity contribution < 1.29 is 4.79 Å². The summed E-state index contributed by atoms with van der Waals surface area (Å²) in [6.45, 7) is 12.5. The highest BCUT2D eigenvalue weighted by Gasteiger charge is 2.18. The van der Waals surface area contributed by atoms with Crippen LogP contribution in [0.15, 0.2) is 24.3 Å². The first-order valence-corrected chi connectivity index (χ1v) is 6.86. The molecule has 1 aromatic rings. The zero-order valence-corrected chi connectivity index (χ0v) is 12.7. The smallest absolute Gasteiger partial charge is 0.221 e. The van der Waals surface area contributed by atoms with Gasteiger partial charge in [-0.3, -0.25) is 4.79 Å². The van der Waals surface area contributed by atoms with E-state index in [0.29, 0.717) is 11.3 Å². The first kappa shape index (κ1) is 15.7. The summed E-state index contributed by atoms with van der Waals surface area (Å²) in [7, 11) is 0. The predicted molar refractivity (Wildman–Crippen MR) is 81.1 cm³/mol. The van der Waals surface area contributed by atoms with Crippen LogP contribution in [-0.2, 0) is 11.3 Å². The molecule has 0 aliphatic carbocycles. The molecule has 0 aliphatic rings. The minimum atomic E-state index is -0.0372. The molecule has 0 aromatic heterocycles. The van der Waals surface area contributed by atoms with Crippen LogP contribution in [0.4, 0.5) is 5.69 Å². The SMILES string of the molecule is CC(=O)Nc1ccc(CNCC(C)C(C)(C)C)cc1. The molecule has 0 spiro atoms. The maximum atomic E-state index is 10.9. The molecule has 0 heterocycles. The lowest BCUT2D eigenvalue weighted by Crippen LogP contribution is -2.29. The van der Waals surface area contributed by atoms with E-state index in [-0.39, 0.29) is 5.91 Å². The third-order valence-corrected chi connectivity index (χ3v) is 3.53. The molecule has 1 atom stereocenters. The first-order valence-electron chi connectivity index (χ1n) is 6.86. The number of benzene rings is 1. The second kappa shape index (κ2) is 6.71. The maximum absolute atomic E-state index is 10.9. The van der Waals surface area contributed by atoms with Gasteiger partial charge >= 0.3 is 0 Å². The van der Waals surface area contributed by atoms with Gasteiger partial charge in [0.2, 0.25) is 5.91 Å². The highest BCUT2D eigenvalue weighted by Crippen LogP contribution is 2.24. The Bertz CT molecular complexity index is 404. The van der Waals surface area contributed by atoms with E-state index in [1.807, 2.05) is 24.3 Å². The topological polar surface area (TPSA) is 41.1 Å². The molecule has 0 radical (unpaired) electrons. The van der Waals surface area contributed by atoms with E-state index in [2.05, 4.69) is 38.3 Å². The Morgan fingerprint density at radius 1 is 1.21 bits per heavy atom. The van der Waals surface area contributed by atoms with Gasteiger partial charge in [-0.1, -0.05) is 39.8 Å². The van der Waals surface area contributed by atoms with E-state index in [1.54, 1.807) is 0 Å². The third-order valence-electron chi connectivity index (χ3n) is 3.53. The fraction of sp³-hybridized carbons (Fsp3) is 0.562. The van der Waals surface area contributed by atoms with Gasteiger partial charge in [-0.25, -0.2) is 0 Å². The average Bonchev–Trinajstić information content (AvgIpc) is 2.29. The molecule has 2 N–H and O–H groups in total. The summed E-state index contributed by atoms with van der Waals surface area (Å²) >= 11 is 0. The lowest BCUT2D eigenvalue weighted by Gasteiger charge is -2.27. The summed E-state index contributed by atoms with van der Waals surface area (Å²) in [5, 5.41) is 6.25. The number of nitrogens with one attached hydrogen (secondary N) is 2. The molecule has 3 heteroatoms. The van der Waals surface area contributed by atoms with Crippen molar-refractivity contribution in [1.82, 2.24) is 5.32 Å². The van der Waals surface area contributed by atoms with E-state index in [1.165, 1.54) is 12.5 Å². The zero-order valence-electron chi connectivity index (χ0n) is 12.7. The van der Waals surface area contributed by atoms with Crippen LogP contribution in [0.1, 0.15) is 40.2 Å². The van der Waals surface area contributed by atoms with Gasteiger partial charge in [-0.2, -0.15) is 0 Å². The van der Waals surface area contributed by atoms with Crippen molar-refractivity contribution in [1.29, 1.82) is 0 Å². The van der Waals surface area contributed by atoms with E-state index >= 15 is 0 Å². The van der Waals surface area contributed by atoms with Crippen LogP contribution in [0.3, 0.4) is 0 Å². The highest BCUT2D eigenvalue weighted by molar-refractivity contribution is 5.88. The molecule has 0 aliphatic heterocycles. The minimum absolute atomic E-state index is 0.0372. The van der Waals surface area contributed by atoms with Crippen molar-refractivity contribution in [2.24, 2.45) is 11.3 Å². The highest BCUT2D eigenvalue weighted by atomic mass is 16.1. The van der Waals surface area contributed by atoms with Gasteiger partial charge in [-0.15, -0.1) is 0 Å². The Balaban J connectivity index is 2.40. The molecule has 1 rings (SSSR count). The molecule has 0 saturated heterocycles. The summed E-state index contributed by atoms with van der Waals surface area (Å²) in [6, 6.07) is 7.96. The molecule has 3 nitrogen and oxygen atoms in total. The largest absolute Gasteiger partial charge is 0.326 e. The fourth-order valence-corrected chi connectivity index (χ4v) is 1.65. The van der Waals surface area contributed by atoms with Gasteiger partial charge in [0.15, 0.2) is 0 Å². The monoisotopic (exact) mass is 262 g/mol. The quantitative estimate of drug-likeness (QED) is 0.853. The molecule has 1 unspecified atom stereocenters. The van der Waals surface area contributed by atoms with Crippen molar-refractivity contribution >= 4 is 11.6 Å². The second-order valence-corrected chi connectivity index (χ2v) is 6.28. The van der Waals surface area contributed by atoms with Crippen LogP contribution in [0.25, 0.3) is 0 Å². The molecule has 1 amide bonds. The number of amides is 1. The average molecular weight is 262 g/mol. The van der Waals surface area contributed by atoms with Crippen molar-refractivity contribution in [3.05, 3.63) is 29.8 Å². The van der Waals surface area contributed by atoms with Crippen molar-refractivity contribution in [3.63, 3.8) is 0 Å². The molecule has 19 heavy (non-hydrogen) atoms. The molecular weight excluding hydrogens is 236 g/mol. The molecule has 0 bridgehead atoms. The summed E-state index contributed by atoms with van der Waals surface area (Å²) in [6.07, 6.45) is 0. The molecule has 0 fully saturated rings. The van der Waals surface area contributed by atoms with Crippen molar-refractivity contribution in [3.8, 4) is 0 Å². The number of hydrogen-bond donors (Lipinski definition) is 2. The normalized spacial score (nSPS) is 13.1.